The van der Waals surface area contributed by atoms with E-state index >= 15 is 0 Å². The molecular weight excluding hydrogens is 208 g/mol. The number of rotatable bonds is 0. The van der Waals surface area contributed by atoms with Gasteiger partial charge in [-0.1, -0.05) is 48.5 Å². The van der Waals surface area contributed by atoms with Crippen molar-refractivity contribution in [3.05, 3.63) is 60.9 Å². The molecule has 0 unspecified atom stereocenters. The molecule has 0 radical (unpaired) electrons. The SMILES string of the molecule is c1ccc2c(c1)ccc1ccc3ccoc3c12. The van der Waals surface area contributed by atoms with Gasteiger partial charge in [0, 0.05) is 10.8 Å². The minimum atomic E-state index is 0.985. The summed E-state index contributed by atoms with van der Waals surface area (Å²) < 4.78 is 5.64. The molecule has 0 amide bonds. The summed E-state index contributed by atoms with van der Waals surface area (Å²) in [5.74, 6) is 0. The first-order valence-electron chi connectivity index (χ1n) is 5.71. The van der Waals surface area contributed by atoms with Crippen LogP contribution in [0.25, 0.3) is 32.5 Å². The molecule has 1 nitrogen and oxygen atoms in total. The van der Waals surface area contributed by atoms with Crippen LogP contribution in [-0.2, 0) is 0 Å². The minimum absolute atomic E-state index is 0.985. The highest BCUT2D eigenvalue weighted by Gasteiger charge is 2.06. The average Bonchev–Trinajstić information content (AvgIpc) is 2.86. The zero-order valence-corrected chi connectivity index (χ0v) is 9.18. The molecule has 0 aliphatic rings. The largest absolute Gasteiger partial charge is 0.464 e. The predicted molar refractivity (Wildman–Crippen MR) is 71.2 cm³/mol. The second-order valence-electron chi connectivity index (χ2n) is 4.29. The molecule has 17 heavy (non-hydrogen) atoms. The molecule has 0 bridgehead atoms. The zero-order chi connectivity index (χ0) is 11.2. The van der Waals surface area contributed by atoms with Gasteiger partial charge in [-0.3, -0.25) is 0 Å². The molecule has 4 rings (SSSR count). The molecule has 80 valence electrons. The highest BCUT2D eigenvalue weighted by Crippen LogP contribution is 2.32. The summed E-state index contributed by atoms with van der Waals surface area (Å²) >= 11 is 0. The van der Waals surface area contributed by atoms with Crippen LogP contribution >= 0.6 is 0 Å². The van der Waals surface area contributed by atoms with Crippen molar-refractivity contribution in [3.63, 3.8) is 0 Å². The van der Waals surface area contributed by atoms with E-state index in [1.165, 1.54) is 21.5 Å². The van der Waals surface area contributed by atoms with Crippen molar-refractivity contribution in [1.29, 1.82) is 0 Å². The van der Waals surface area contributed by atoms with Gasteiger partial charge in [0.25, 0.3) is 0 Å². The van der Waals surface area contributed by atoms with Gasteiger partial charge in [-0.2, -0.15) is 0 Å². The van der Waals surface area contributed by atoms with E-state index in [1.807, 2.05) is 6.07 Å². The molecule has 0 saturated carbocycles. The van der Waals surface area contributed by atoms with Gasteiger partial charge in [0.2, 0.25) is 0 Å². The Morgan fingerprint density at radius 3 is 2.35 bits per heavy atom. The number of furan rings is 1. The monoisotopic (exact) mass is 218 g/mol. The quantitative estimate of drug-likeness (QED) is 0.388. The van der Waals surface area contributed by atoms with Crippen molar-refractivity contribution in [1.82, 2.24) is 0 Å². The number of benzene rings is 3. The summed E-state index contributed by atoms with van der Waals surface area (Å²) in [6.07, 6.45) is 1.76. The van der Waals surface area contributed by atoms with Crippen LogP contribution in [0.15, 0.2) is 65.3 Å². The Hall–Kier alpha value is -2.28. The molecule has 0 saturated heterocycles. The van der Waals surface area contributed by atoms with E-state index in [0.717, 1.165) is 11.0 Å². The maximum Gasteiger partial charge on any atom is 0.142 e. The molecule has 0 N–H and O–H groups in total. The fourth-order valence-corrected chi connectivity index (χ4v) is 2.51. The maximum atomic E-state index is 5.64. The molecule has 0 atom stereocenters. The van der Waals surface area contributed by atoms with E-state index < -0.39 is 0 Å². The van der Waals surface area contributed by atoms with Crippen molar-refractivity contribution < 1.29 is 4.42 Å². The summed E-state index contributed by atoms with van der Waals surface area (Å²) in [6.45, 7) is 0. The Balaban J connectivity index is 2.41. The van der Waals surface area contributed by atoms with Crippen molar-refractivity contribution in [2.45, 2.75) is 0 Å². The van der Waals surface area contributed by atoms with Crippen LogP contribution in [0, 0.1) is 0 Å². The predicted octanol–water partition coefficient (Wildman–Crippen LogP) is 4.74. The summed E-state index contributed by atoms with van der Waals surface area (Å²) in [5.41, 5.74) is 0.985. The maximum absolute atomic E-state index is 5.64. The fourth-order valence-electron chi connectivity index (χ4n) is 2.51. The Labute approximate surface area is 98.3 Å². The van der Waals surface area contributed by atoms with Crippen LogP contribution in [0.5, 0.6) is 0 Å². The smallest absolute Gasteiger partial charge is 0.142 e. The first-order valence-corrected chi connectivity index (χ1v) is 5.71. The summed E-state index contributed by atoms with van der Waals surface area (Å²) in [4.78, 5) is 0. The molecule has 4 aromatic rings. The molecule has 1 heteroatoms. The van der Waals surface area contributed by atoms with Gasteiger partial charge in [0.1, 0.15) is 5.58 Å². The molecular formula is C16H10O. The lowest BCUT2D eigenvalue weighted by Gasteiger charge is -2.04. The zero-order valence-electron chi connectivity index (χ0n) is 9.18. The molecule has 0 aliphatic carbocycles. The van der Waals surface area contributed by atoms with Crippen molar-refractivity contribution >= 4 is 32.5 Å². The third-order valence-electron chi connectivity index (χ3n) is 3.33. The minimum Gasteiger partial charge on any atom is -0.464 e. The molecule has 1 aromatic heterocycles. The Bertz CT molecular complexity index is 840. The van der Waals surface area contributed by atoms with Crippen molar-refractivity contribution in [2.24, 2.45) is 0 Å². The van der Waals surface area contributed by atoms with E-state index in [1.54, 1.807) is 6.26 Å². The van der Waals surface area contributed by atoms with Crippen LogP contribution < -0.4 is 0 Å². The molecule has 3 aromatic carbocycles. The lowest BCUT2D eigenvalue weighted by Crippen LogP contribution is -1.77. The van der Waals surface area contributed by atoms with Gasteiger partial charge >= 0.3 is 0 Å². The second-order valence-corrected chi connectivity index (χ2v) is 4.29. The standard InChI is InChI=1S/C16H10O/c1-2-4-14-11(3-1)5-6-12-7-8-13-9-10-17-16(13)15(12)14/h1-10H. The van der Waals surface area contributed by atoms with Crippen LogP contribution in [0.2, 0.25) is 0 Å². The third kappa shape index (κ3) is 1.14. The normalized spacial score (nSPS) is 11.5. The lowest BCUT2D eigenvalue weighted by atomic mass is 10.0. The van der Waals surface area contributed by atoms with Crippen LogP contribution in [0.3, 0.4) is 0 Å². The van der Waals surface area contributed by atoms with E-state index in [9.17, 15) is 0 Å². The van der Waals surface area contributed by atoms with Crippen LogP contribution in [0.1, 0.15) is 0 Å². The van der Waals surface area contributed by atoms with E-state index in [-0.39, 0.29) is 0 Å². The summed E-state index contributed by atoms with van der Waals surface area (Å²) in [7, 11) is 0. The van der Waals surface area contributed by atoms with E-state index in [2.05, 4.69) is 48.5 Å². The average molecular weight is 218 g/mol. The number of hydrogen-bond donors (Lipinski definition) is 0. The second kappa shape index (κ2) is 3.11. The van der Waals surface area contributed by atoms with E-state index in [0.29, 0.717) is 0 Å². The molecule has 0 spiro atoms. The van der Waals surface area contributed by atoms with Crippen LogP contribution in [-0.4, -0.2) is 0 Å². The van der Waals surface area contributed by atoms with Gasteiger partial charge in [0.15, 0.2) is 0 Å². The fraction of sp³-hybridized carbons (Fsp3) is 0. The third-order valence-corrected chi connectivity index (χ3v) is 3.33. The number of hydrogen-bond acceptors (Lipinski definition) is 1. The highest BCUT2D eigenvalue weighted by molar-refractivity contribution is 6.18. The summed E-state index contributed by atoms with van der Waals surface area (Å²) in [6, 6.07) is 19.0. The first-order chi connectivity index (χ1) is 8.43. The van der Waals surface area contributed by atoms with Gasteiger partial charge in [-0.05, 0) is 22.2 Å². The molecule has 0 fully saturated rings. The van der Waals surface area contributed by atoms with Gasteiger partial charge in [-0.15, -0.1) is 0 Å². The lowest BCUT2D eigenvalue weighted by molar-refractivity contribution is 0.619. The number of fused-ring (bicyclic) bond motifs is 5. The van der Waals surface area contributed by atoms with Gasteiger partial charge in [-0.25, -0.2) is 0 Å². The van der Waals surface area contributed by atoms with Gasteiger partial charge in [0.05, 0.1) is 6.26 Å². The topological polar surface area (TPSA) is 13.1 Å². The Kier molecular flexibility index (Phi) is 1.61. The van der Waals surface area contributed by atoms with Crippen molar-refractivity contribution in [2.75, 3.05) is 0 Å². The summed E-state index contributed by atoms with van der Waals surface area (Å²) in [5, 5.41) is 6.11. The van der Waals surface area contributed by atoms with Crippen molar-refractivity contribution in [3.8, 4) is 0 Å². The highest BCUT2D eigenvalue weighted by atomic mass is 16.3. The molecule has 1 heterocycles. The van der Waals surface area contributed by atoms with Crippen LogP contribution in [0.4, 0.5) is 0 Å². The Morgan fingerprint density at radius 2 is 1.41 bits per heavy atom. The van der Waals surface area contributed by atoms with E-state index in [4.69, 9.17) is 4.42 Å². The molecule has 0 aliphatic heterocycles. The Morgan fingerprint density at radius 1 is 0.647 bits per heavy atom. The van der Waals surface area contributed by atoms with Gasteiger partial charge < -0.3 is 4.42 Å². The first kappa shape index (κ1) is 8.82.